The molecule has 132 valence electrons. The second kappa shape index (κ2) is 6.93. The van der Waals surface area contributed by atoms with Crippen LogP contribution in [0.15, 0.2) is 30.9 Å². The summed E-state index contributed by atoms with van der Waals surface area (Å²) in [5, 5.41) is 7.55. The van der Waals surface area contributed by atoms with Crippen LogP contribution in [-0.4, -0.2) is 75.8 Å². The third-order valence-electron chi connectivity index (χ3n) is 5.23. The van der Waals surface area contributed by atoms with Crippen LogP contribution >= 0.6 is 0 Å². The lowest BCUT2D eigenvalue weighted by Gasteiger charge is -2.32. The Kier molecular flexibility index (Phi) is 4.50. The van der Waals surface area contributed by atoms with Crippen LogP contribution in [0.5, 0.6) is 0 Å². The van der Waals surface area contributed by atoms with Crippen molar-refractivity contribution in [3.05, 3.63) is 42.0 Å². The largest absolute Gasteiger partial charge is 0.337 e. The number of rotatable bonds is 3. The first-order valence-electron chi connectivity index (χ1n) is 8.92. The van der Waals surface area contributed by atoms with Crippen LogP contribution in [0.4, 0.5) is 0 Å². The van der Waals surface area contributed by atoms with Crippen molar-refractivity contribution in [1.82, 2.24) is 29.9 Å². The molecule has 4 rings (SSSR count). The summed E-state index contributed by atoms with van der Waals surface area (Å²) in [4.78, 5) is 21.4. The lowest BCUT2D eigenvalue weighted by atomic mass is 10.1. The molecular formula is C18H24N6O. The molecule has 2 aliphatic rings. The predicted octanol–water partition coefficient (Wildman–Crippen LogP) is 0.695. The van der Waals surface area contributed by atoms with Crippen molar-refractivity contribution >= 4 is 5.91 Å². The molecule has 2 fully saturated rings. The fourth-order valence-corrected chi connectivity index (χ4v) is 3.83. The van der Waals surface area contributed by atoms with Gasteiger partial charge in [0.15, 0.2) is 0 Å². The van der Waals surface area contributed by atoms with E-state index in [0.717, 1.165) is 62.5 Å². The third-order valence-corrected chi connectivity index (χ3v) is 5.23. The van der Waals surface area contributed by atoms with Crippen molar-refractivity contribution in [1.29, 1.82) is 0 Å². The highest BCUT2D eigenvalue weighted by Crippen LogP contribution is 2.21. The van der Waals surface area contributed by atoms with E-state index < -0.39 is 0 Å². The van der Waals surface area contributed by atoms with Crippen LogP contribution in [0.3, 0.4) is 0 Å². The molecule has 0 aliphatic carbocycles. The van der Waals surface area contributed by atoms with Crippen molar-refractivity contribution in [3.63, 3.8) is 0 Å². The highest BCUT2D eigenvalue weighted by molar-refractivity contribution is 5.95. The minimum absolute atomic E-state index is 0.130. The SMILES string of the molecule is Cc1cc(C(=O)N2CCC(N3CCNCC3)C2)ccc1-n1cncn1. The second-order valence-electron chi connectivity index (χ2n) is 6.82. The summed E-state index contributed by atoms with van der Waals surface area (Å²) in [6.45, 7) is 7.94. The Balaban J connectivity index is 1.45. The monoisotopic (exact) mass is 340 g/mol. The van der Waals surface area contributed by atoms with E-state index >= 15 is 0 Å². The number of hydrogen-bond acceptors (Lipinski definition) is 5. The van der Waals surface area contributed by atoms with Gasteiger partial charge in [-0.25, -0.2) is 9.67 Å². The summed E-state index contributed by atoms with van der Waals surface area (Å²) >= 11 is 0. The van der Waals surface area contributed by atoms with Gasteiger partial charge in [-0.2, -0.15) is 5.10 Å². The van der Waals surface area contributed by atoms with Crippen LogP contribution < -0.4 is 5.32 Å². The number of aryl methyl sites for hydroxylation is 1. The first-order valence-corrected chi connectivity index (χ1v) is 8.92. The van der Waals surface area contributed by atoms with Gasteiger partial charge in [0.1, 0.15) is 12.7 Å². The minimum Gasteiger partial charge on any atom is -0.337 e. The van der Waals surface area contributed by atoms with E-state index in [0.29, 0.717) is 6.04 Å². The number of hydrogen-bond donors (Lipinski definition) is 1. The van der Waals surface area contributed by atoms with Gasteiger partial charge in [-0.1, -0.05) is 0 Å². The highest BCUT2D eigenvalue weighted by atomic mass is 16.2. The molecule has 2 aliphatic heterocycles. The number of carbonyl (C=O) groups is 1. The Labute approximate surface area is 147 Å². The van der Waals surface area contributed by atoms with Crippen LogP contribution in [0.2, 0.25) is 0 Å². The van der Waals surface area contributed by atoms with E-state index in [1.165, 1.54) is 6.33 Å². The van der Waals surface area contributed by atoms with Gasteiger partial charge in [-0.05, 0) is 37.1 Å². The quantitative estimate of drug-likeness (QED) is 0.891. The van der Waals surface area contributed by atoms with Gasteiger partial charge in [-0.15, -0.1) is 0 Å². The number of piperazine rings is 1. The van der Waals surface area contributed by atoms with Crippen molar-refractivity contribution in [2.24, 2.45) is 0 Å². The number of benzene rings is 1. The minimum atomic E-state index is 0.130. The average molecular weight is 340 g/mol. The Hall–Kier alpha value is -2.25. The maximum atomic E-state index is 12.9. The van der Waals surface area contributed by atoms with E-state index in [1.807, 2.05) is 30.0 Å². The molecule has 1 aromatic heterocycles. The van der Waals surface area contributed by atoms with Crippen LogP contribution in [0, 0.1) is 6.92 Å². The molecule has 25 heavy (non-hydrogen) atoms. The van der Waals surface area contributed by atoms with Crippen LogP contribution in [0.25, 0.3) is 5.69 Å². The zero-order chi connectivity index (χ0) is 17.2. The lowest BCUT2D eigenvalue weighted by molar-refractivity contribution is 0.0773. The molecule has 7 heteroatoms. The number of amides is 1. The summed E-state index contributed by atoms with van der Waals surface area (Å²) in [6.07, 6.45) is 4.25. The predicted molar refractivity (Wildman–Crippen MR) is 94.8 cm³/mol. The standard InChI is InChI=1S/C18H24N6O/c1-14-10-15(2-3-17(14)24-13-20-12-21-24)18(25)23-7-4-16(11-23)22-8-5-19-6-9-22/h2-3,10,12-13,16,19H,4-9,11H2,1H3. The summed E-state index contributed by atoms with van der Waals surface area (Å²) in [6, 6.07) is 6.30. The number of nitrogens with one attached hydrogen (secondary N) is 1. The number of carbonyl (C=O) groups excluding carboxylic acids is 1. The number of nitrogens with zero attached hydrogens (tertiary/aromatic N) is 5. The Morgan fingerprint density at radius 2 is 2.08 bits per heavy atom. The van der Waals surface area contributed by atoms with Crippen molar-refractivity contribution in [2.75, 3.05) is 39.3 Å². The van der Waals surface area contributed by atoms with Gasteiger partial charge in [0.2, 0.25) is 0 Å². The fraction of sp³-hybridized carbons (Fsp3) is 0.500. The van der Waals surface area contributed by atoms with Crippen LogP contribution in [-0.2, 0) is 0 Å². The van der Waals surface area contributed by atoms with Crippen molar-refractivity contribution < 1.29 is 4.79 Å². The van der Waals surface area contributed by atoms with Crippen LogP contribution in [0.1, 0.15) is 22.3 Å². The molecule has 1 amide bonds. The molecule has 3 heterocycles. The smallest absolute Gasteiger partial charge is 0.253 e. The molecule has 1 N–H and O–H groups in total. The van der Waals surface area contributed by atoms with E-state index in [9.17, 15) is 4.79 Å². The second-order valence-corrected chi connectivity index (χ2v) is 6.82. The zero-order valence-corrected chi connectivity index (χ0v) is 14.6. The molecule has 1 atom stereocenters. The zero-order valence-electron chi connectivity index (χ0n) is 14.6. The van der Waals surface area contributed by atoms with Gasteiger partial charge in [-0.3, -0.25) is 9.69 Å². The molecule has 0 spiro atoms. The maximum absolute atomic E-state index is 12.9. The molecule has 1 unspecified atom stereocenters. The third kappa shape index (κ3) is 3.29. The molecule has 0 saturated carbocycles. The first kappa shape index (κ1) is 16.2. The van der Waals surface area contributed by atoms with E-state index in [-0.39, 0.29) is 5.91 Å². The van der Waals surface area contributed by atoms with E-state index in [2.05, 4.69) is 20.3 Å². The summed E-state index contributed by atoms with van der Waals surface area (Å²) in [5.41, 5.74) is 2.73. The van der Waals surface area contributed by atoms with Gasteiger partial charge in [0.05, 0.1) is 5.69 Å². The Morgan fingerprint density at radius 1 is 1.24 bits per heavy atom. The number of likely N-dealkylation sites (tertiary alicyclic amines) is 1. The summed E-state index contributed by atoms with van der Waals surface area (Å²) in [5.74, 6) is 0.130. The first-order chi connectivity index (χ1) is 12.2. The van der Waals surface area contributed by atoms with Gasteiger partial charge in [0.25, 0.3) is 5.91 Å². The molecular weight excluding hydrogens is 316 g/mol. The Morgan fingerprint density at radius 3 is 2.80 bits per heavy atom. The molecule has 2 saturated heterocycles. The van der Waals surface area contributed by atoms with Crippen molar-refractivity contribution in [3.8, 4) is 5.69 Å². The summed E-state index contributed by atoms with van der Waals surface area (Å²) in [7, 11) is 0. The van der Waals surface area contributed by atoms with E-state index in [1.54, 1.807) is 11.0 Å². The molecule has 0 radical (unpaired) electrons. The maximum Gasteiger partial charge on any atom is 0.253 e. The number of aromatic nitrogens is 3. The fourth-order valence-electron chi connectivity index (χ4n) is 3.83. The van der Waals surface area contributed by atoms with Gasteiger partial charge < -0.3 is 10.2 Å². The lowest BCUT2D eigenvalue weighted by Crippen LogP contribution is -2.49. The van der Waals surface area contributed by atoms with Crippen molar-refractivity contribution in [2.45, 2.75) is 19.4 Å². The Bertz CT molecular complexity index is 738. The van der Waals surface area contributed by atoms with Gasteiger partial charge in [0, 0.05) is 50.9 Å². The molecule has 2 aromatic rings. The molecule has 0 bridgehead atoms. The topological polar surface area (TPSA) is 66.3 Å². The molecule has 7 nitrogen and oxygen atoms in total. The highest BCUT2D eigenvalue weighted by Gasteiger charge is 2.31. The van der Waals surface area contributed by atoms with Gasteiger partial charge >= 0.3 is 0 Å². The summed E-state index contributed by atoms with van der Waals surface area (Å²) < 4.78 is 1.72. The molecule has 1 aromatic carbocycles. The average Bonchev–Trinajstić information content (AvgIpc) is 3.34. The normalized spacial score (nSPS) is 21.6. The van der Waals surface area contributed by atoms with E-state index in [4.69, 9.17) is 0 Å².